The van der Waals surface area contributed by atoms with Gasteiger partial charge in [0.25, 0.3) is 5.91 Å². The van der Waals surface area contributed by atoms with Gasteiger partial charge in [-0.15, -0.1) is 0 Å². The molecule has 4 heteroatoms. The van der Waals surface area contributed by atoms with Gasteiger partial charge in [0.05, 0.1) is 7.11 Å². The predicted molar refractivity (Wildman–Crippen MR) is 159 cm³/mol. The smallest absolute Gasteiger partial charge is 0.254 e. The summed E-state index contributed by atoms with van der Waals surface area (Å²) in [6, 6.07) is 35.4. The number of nitrogens with zero attached hydrogens (tertiary/aromatic N) is 2. The molecule has 1 amide bonds. The number of likely N-dealkylation sites (tertiary alicyclic amines) is 1. The predicted octanol–water partition coefficient (Wildman–Crippen LogP) is 7.23. The third kappa shape index (κ3) is 7.15. The highest BCUT2D eigenvalue weighted by atomic mass is 16.5. The van der Waals surface area contributed by atoms with Gasteiger partial charge >= 0.3 is 0 Å². The molecule has 4 nitrogen and oxygen atoms in total. The lowest BCUT2D eigenvalue weighted by Gasteiger charge is -2.35. The van der Waals surface area contributed by atoms with Crippen LogP contribution in [-0.2, 0) is 13.1 Å². The Bertz CT molecular complexity index is 1320. The summed E-state index contributed by atoms with van der Waals surface area (Å²) in [5.74, 6) is 1.50. The van der Waals surface area contributed by atoms with Gasteiger partial charge < -0.3 is 9.64 Å². The van der Waals surface area contributed by atoms with Gasteiger partial charge in [0.2, 0.25) is 0 Å². The number of methoxy groups -OCH3 is 1. The number of ether oxygens (including phenoxy) is 1. The molecule has 0 bridgehead atoms. The summed E-state index contributed by atoms with van der Waals surface area (Å²) in [7, 11) is 1.70. The molecule has 0 aromatic heterocycles. The monoisotopic (exact) mass is 518 g/mol. The highest BCUT2D eigenvalue weighted by Gasteiger charge is 2.25. The van der Waals surface area contributed by atoms with E-state index in [1.165, 1.54) is 22.3 Å². The van der Waals surface area contributed by atoms with Crippen LogP contribution in [0.3, 0.4) is 0 Å². The number of rotatable bonds is 9. The summed E-state index contributed by atoms with van der Waals surface area (Å²) in [6.45, 7) is 6.51. The van der Waals surface area contributed by atoms with Crippen LogP contribution in [0.1, 0.15) is 39.9 Å². The molecule has 4 aromatic rings. The van der Waals surface area contributed by atoms with Gasteiger partial charge in [0, 0.05) is 25.2 Å². The van der Waals surface area contributed by atoms with E-state index >= 15 is 0 Å². The number of hydrogen-bond donors (Lipinski definition) is 0. The minimum atomic E-state index is 0.114. The molecule has 1 heterocycles. The fourth-order valence-corrected chi connectivity index (χ4v) is 5.38. The average molecular weight is 519 g/mol. The lowest BCUT2D eigenvalue weighted by molar-refractivity contribution is 0.0672. The first-order chi connectivity index (χ1) is 19.1. The van der Waals surface area contributed by atoms with Crippen LogP contribution in [-0.4, -0.2) is 42.5 Å². The van der Waals surface area contributed by atoms with E-state index in [0.29, 0.717) is 12.5 Å². The van der Waals surface area contributed by atoms with E-state index in [9.17, 15) is 4.79 Å². The zero-order chi connectivity index (χ0) is 27.0. The molecule has 1 fully saturated rings. The fraction of sp³-hybridized carbons (Fsp3) is 0.286. The van der Waals surface area contributed by atoms with E-state index in [-0.39, 0.29) is 5.91 Å². The topological polar surface area (TPSA) is 32.8 Å². The minimum absolute atomic E-state index is 0.114. The second kappa shape index (κ2) is 12.8. The van der Waals surface area contributed by atoms with Crippen molar-refractivity contribution in [1.82, 2.24) is 9.80 Å². The third-order valence-electron chi connectivity index (χ3n) is 7.77. The zero-order valence-electron chi connectivity index (χ0n) is 23.1. The first-order valence-electron chi connectivity index (χ1n) is 13.9. The van der Waals surface area contributed by atoms with Crippen LogP contribution in [0.4, 0.5) is 0 Å². The van der Waals surface area contributed by atoms with Crippen LogP contribution in [0.25, 0.3) is 11.1 Å². The molecule has 1 saturated heterocycles. The molecule has 0 aliphatic carbocycles. The Balaban J connectivity index is 1.24. The summed E-state index contributed by atoms with van der Waals surface area (Å²) >= 11 is 0. The molecule has 0 saturated carbocycles. The second-order valence-corrected chi connectivity index (χ2v) is 10.7. The molecule has 200 valence electrons. The van der Waals surface area contributed by atoms with Gasteiger partial charge in [0.15, 0.2) is 0 Å². The minimum Gasteiger partial charge on any atom is -0.497 e. The SMILES string of the molecule is COc1ccc(CN2CCC(CN(Cc3ccc(-c4ccccc4)cc3)C(=O)c3ccc(C)cc3)CC2)cc1. The van der Waals surface area contributed by atoms with Gasteiger partial charge in [0.1, 0.15) is 5.75 Å². The van der Waals surface area contributed by atoms with E-state index in [0.717, 1.165) is 55.9 Å². The molecule has 39 heavy (non-hydrogen) atoms. The second-order valence-electron chi connectivity index (χ2n) is 10.7. The Morgan fingerprint density at radius 3 is 2.05 bits per heavy atom. The van der Waals surface area contributed by atoms with Gasteiger partial charge in [-0.2, -0.15) is 0 Å². The number of carbonyl (C=O) groups is 1. The van der Waals surface area contributed by atoms with Crippen LogP contribution in [0.15, 0.2) is 103 Å². The quantitative estimate of drug-likeness (QED) is 0.234. The molecule has 0 unspecified atom stereocenters. The Labute approximate surface area is 232 Å². The van der Waals surface area contributed by atoms with Crippen LogP contribution in [0.2, 0.25) is 0 Å². The number of carbonyl (C=O) groups excluding carboxylic acids is 1. The van der Waals surface area contributed by atoms with Crippen molar-refractivity contribution >= 4 is 5.91 Å². The van der Waals surface area contributed by atoms with E-state index < -0.39 is 0 Å². The van der Waals surface area contributed by atoms with Crippen molar-refractivity contribution in [3.8, 4) is 16.9 Å². The largest absolute Gasteiger partial charge is 0.497 e. The Hall–Kier alpha value is -3.89. The zero-order valence-corrected chi connectivity index (χ0v) is 23.1. The number of benzene rings is 4. The van der Waals surface area contributed by atoms with E-state index in [1.807, 2.05) is 42.5 Å². The van der Waals surface area contributed by atoms with Gasteiger partial charge in [-0.1, -0.05) is 84.4 Å². The number of piperidine rings is 1. The maximum absolute atomic E-state index is 13.7. The summed E-state index contributed by atoms with van der Waals surface area (Å²) in [6.07, 6.45) is 2.20. The summed E-state index contributed by atoms with van der Waals surface area (Å²) < 4.78 is 5.29. The summed E-state index contributed by atoms with van der Waals surface area (Å²) in [4.78, 5) is 18.3. The van der Waals surface area contributed by atoms with Crippen LogP contribution >= 0.6 is 0 Å². The van der Waals surface area contributed by atoms with E-state index in [1.54, 1.807) is 7.11 Å². The molecule has 0 radical (unpaired) electrons. The van der Waals surface area contributed by atoms with Gasteiger partial charge in [-0.25, -0.2) is 0 Å². The Morgan fingerprint density at radius 2 is 1.41 bits per heavy atom. The maximum Gasteiger partial charge on any atom is 0.254 e. The van der Waals surface area contributed by atoms with Crippen LogP contribution in [0, 0.1) is 12.8 Å². The molecule has 1 aliphatic rings. The molecule has 4 aromatic carbocycles. The first-order valence-corrected chi connectivity index (χ1v) is 13.9. The lowest BCUT2D eigenvalue weighted by atomic mass is 9.95. The standard InChI is InChI=1S/C35H38N2O2/c1-27-8-14-33(15-9-27)35(38)37(25-29-10-16-32(17-11-29)31-6-4-3-5-7-31)26-30-20-22-36(23-21-30)24-28-12-18-34(39-2)19-13-28/h3-19,30H,20-26H2,1-2H3. The van der Waals surface area contributed by atoms with Crippen molar-refractivity contribution in [2.45, 2.75) is 32.9 Å². The highest BCUT2D eigenvalue weighted by molar-refractivity contribution is 5.94. The van der Waals surface area contributed by atoms with Crippen LogP contribution < -0.4 is 4.74 Å². The molecular formula is C35H38N2O2. The molecule has 1 aliphatic heterocycles. The Morgan fingerprint density at radius 1 is 0.795 bits per heavy atom. The average Bonchev–Trinajstić information content (AvgIpc) is 2.99. The van der Waals surface area contributed by atoms with Crippen molar-refractivity contribution in [3.63, 3.8) is 0 Å². The lowest BCUT2D eigenvalue weighted by Crippen LogP contribution is -2.40. The number of amides is 1. The molecule has 0 spiro atoms. The maximum atomic E-state index is 13.7. The summed E-state index contributed by atoms with van der Waals surface area (Å²) in [5.41, 5.74) is 6.80. The highest BCUT2D eigenvalue weighted by Crippen LogP contribution is 2.24. The third-order valence-corrected chi connectivity index (χ3v) is 7.77. The first kappa shape index (κ1) is 26.7. The van der Waals surface area contributed by atoms with Crippen molar-refractivity contribution in [3.05, 3.63) is 125 Å². The van der Waals surface area contributed by atoms with Crippen molar-refractivity contribution in [1.29, 1.82) is 0 Å². The number of hydrogen-bond acceptors (Lipinski definition) is 3. The molecule has 5 rings (SSSR count). The van der Waals surface area contributed by atoms with Crippen LogP contribution in [0.5, 0.6) is 5.75 Å². The fourth-order valence-electron chi connectivity index (χ4n) is 5.38. The van der Waals surface area contributed by atoms with E-state index in [2.05, 4.69) is 77.4 Å². The molecular weight excluding hydrogens is 480 g/mol. The van der Waals surface area contributed by atoms with Crippen molar-refractivity contribution in [2.24, 2.45) is 5.92 Å². The normalized spacial score (nSPS) is 14.2. The van der Waals surface area contributed by atoms with Gasteiger partial charge in [-0.05, 0) is 85.3 Å². The molecule has 0 N–H and O–H groups in total. The Kier molecular flexibility index (Phi) is 8.75. The van der Waals surface area contributed by atoms with E-state index in [4.69, 9.17) is 4.74 Å². The summed E-state index contributed by atoms with van der Waals surface area (Å²) in [5, 5.41) is 0. The van der Waals surface area contributed by atoms with Crippen molar-refractivity contribution in [2.75, 3.05) is 26.7 Å². The molecule has 0 atom stereocenters. The number of aryl methyl sites for hydroxylation is 1. The van der Waals surface area contributed by atoms with Crippen molar-refractivity contribution < 1.29 is 9.53 Å². The van der Waals surface area contributed by atoms with Gasteiger partial charge in [-0.3, -0.25) is 9.69 Å².